The highest BCUT2D eigenvalue weighted by Crippen LogP contribution is 2.33. The number of nitrogens with zero attached hydrogens (tertiary/aromatic N) is 1. The van der Waals surface area contributed by atoms with Crippen molar-refractivity contribution in [2.24, 2.45) is 0 Å². The Hall–Kier alpha value is -1.84. The highest BCUT2D eigenvalue weighted by Gasteiger charge is 2.31. The maximum Gasteiger partial charge on any atom is 0.234 e. The number of hydrogen-bond acceptors (Lipinski definition) is 3. The molecule has 1 aliphatic heterocycles. The van der Waals surface area contributed by atoms with Crippen LogP contribution in [0.3, 0.4) is 0 Å². The maximum absolute atomic E-state index is 11.8. The molecular formula is C13H16N2O2. The second-order valence-electron chi connectivity index (χ2n) is 4.59. The fraction of sp³-hybridized carbons (Fsp3) is 0.385. The smallest absolute Gasteiger partial charge is 0.234 e. The molecule has 1 heterocycles. The van der Waals surface area contributed by atoms with Crippen LogP contribution in [0.5, 0.6) is 0 Å². The van der Waals surface area contributed by atoms with Gasteiger partial charge in [0.15, 0.2) is 5.78 Å². The highest BCUT2D eigenvalue weighted by molar-refractivity contribution is 6.15. The van der Waals surface area contributed by atoms with Crippen molar-refractivity contribution in [3.05, 3.63) is 22.8 Å². The monoisotopic (exact) mass is 232 g/mol. The molecule has 1 aromatic rings. The van der Waals surface area contributed by atoms with E-state index in [0.717, 1.165) is 22.4 Å². The van der Waals surface area contributed by atoms with E-state index in [0.29, 0.717) is 5.69 Å². The molecule has 1 aliphatic rings. The van der Waals surface area contributed by atoms with Gasteiger partial charge in [-0.2, -0.15) is 0 Å². The Bertz CT molecular complexity index is 521. The van der Waals surface area contributed by atoms with Crippen LogP contribution in [0.1, 0.15) is 23.1 Å². The van der Waals surface area contributed by atoms with Gasteiger partial charge in [-0.3, -0.25) is 9.59 Å². The molecule has 90 valence electrons. The molecule has 1 fully saturated rings. The number of carbonyl (C=O) groups excluding carboxylic acids is 2. The van der Waals surface area contributed by atoms with E-state index in [-0.39, 0.29) is 24.7 Å². The highest BCUT2D eigenvalue weighted by atomic mass is 16.2. The van der Waals surface area contributed by atoms with Gasteiger partial charge in [-0.15, -0.1) is 0 Å². The molecule has 0 spiro atoms. The van der Waals surface area contributed by atoms with Crippen molar-refractivity contribution in [1.82, 2.24) is 0 Å². The van der Waals surface area contributed by atoms with Gasteiger partial charge in [0, 0.05) is 5.69 Å². The van der Waals surface area contributed by atoms with E-state index in [2.05, 4.69) is 0 Å². The number of benzene rings is 1. The number of rotatable bonds is 1. The lowest BCUT2D eigenvalue weighted by atomic mass is 10.0. The number of hydrogen-bond donors (Lipinski definition) is 1. The van der Waals surface area contributed by atoms with Gasteiger partial charge in [-0.05, 0) is 37.5 Å². The first-order valence-corrected chi connectivity index (χ1v) is 5.60. The van der Waals surface area contributed by atoms with E-state index in [1.54, 1.807) is 4.90 Å². The van der Waals surface area contributed by atoms with Gasteiger partial charge in [0.25, 0.3) is 0 Å². The SMILES string of the molecule is Cc1cc(C)c(N2CC(=O)CC2=O)c(C)c1N. The van der Waals surface area contributed by atoms with Crippen molar-refractivity contribution in [3.8, 4) is 0 Å². The van der Waals surface area contributed by atoms with Crippen LogP contribution in [0, 0.1) is 20.8 Å². The third-order valence-electron chi connectivity index (χ3n) is 3.24. The van der Waals surface area contributed by atoms with E-state index in [4.69, 9.17) is 5.73 Å². The van der Waals surface area contributed by atoms with Crippen LogP contribution < -0.4 is 10.6 Å². The molecule has 1 aromatic carbocycles. The maximum atomic E-state index is 11.8. The first kappa shape index (κ1) is 11.6. The Morgan fingerprint density at radius 3 is 2.35 bits per heavy atom. The van der Waals surface area contributed by atoms with Crippen LogP contribution >= 0.6 is 0 Å². The van der Waals surface area contributed by atoms with Crippen LogP contribution in [-0.4, -0.2) is 18.2 Å². The molecule has 17 heavy (non-hydrogen) atoms. The quantitative estimate of drug-likeness (QED) is 0.589. The molecule has 0 aliphatic carbocycles. The lowest BCUT2D eigenvalue weighted by molar-refractivity contribution is -0.121. The molecule has 2 N–H and O–H groups in total. The number of ketones is 1. The normalized spacial score (nSPS) is 15.8. The minimum atomic E-state index is -0.135. The summed E-state index contributed by atoms with van der Waals surface area (Å²) in [6.07, 6.45) is 0.00661. The molecule has 0 unspecified atom stereocenters. The molecule has 4 heteroatoms. The first-order valence-electron chi connectivity index (χ1n) is 5.60. The second kappa shape index (κ2) is 3.87. The number of Topliss-reactive ketones (excluding diaryl/α,β-unsaturated/α-hetero) is 1. The zero-order chi connectivity index (χ0) is 12.7. The summed E-state index contributed by atoms with van der Waals surface area (Å²) in [6, 6.07) is 1.95. The summed E-state index contributed by atoms with van der Waals surface area (Å²) in [6.45, 7) is 5.94. The van der Waals surface area contributed by atoms with Gasteiger partial charge in [0.05, 0.1) is 18.7 Å². The van der Waals surface area contributed by atoms with Gasteiger partial charge in [0.1, 0.15) is 0 Å². The average molecular weight is 232 g/mol. The van der Waals surface area contributed by atoms with E-state index in [1.807, 2.05) is 26.8 Å². The molecule has 1 amide bonds. The molecule has 0 saturated carbocycles. The standard InChI is InChI=1S/C13H16N2O2/c1-7-4-8(2)13(9(3)12(7)14)15-6-10(16)5-11(15)17/h4H,5-6,14H2,1-3H3. The first-order chi connectivity index (χ1) is 7.91. The van der Waals surface area contributed by atoms with Crippen molar-refractivity contribution in [3.63, 3.8) is 0 Å². The van der Waals surface area contributed by atoms with E-state index >= 15 is 0 Å². The fourth-order valence-electron chi connectivity index (χ4n) is 2.39. The predicted molar refractivity (Wildman–Crippen MR) is 67.0 cm³/mol. The van der Waals surface area contributed by atoms with Gasteiger partial charge >= 0.3 is 0 Å². The molecule has 1 saturated heterocycles. The number of amides is 1. The molecule has 4 nitrogen and oxygen atoms in total. The molecule has 0 atom stereocenters. The van der Waals surface area contributed by atoms with Crippen LogP contribution in [0.2, 0.25) is 0 Å². The third kappa shape index (κ3) is 1.79. The van der Waals surface area contributed by atoms with E-state index in [1.165, 1.54) is 0 Å². The van der Waals surface area contributed by atoms with Crippen LogP contribution in [0.15, 0.2) is 6.07 Å². The molecular weight excluding hydrogens is 216 g/mol. The number of carbonyl (C=O) groups is 2. The Morgan fingerprint density at radius 2 is 1.82 bits per heavy atom. The van der Waals surface area contributed by atoms with Gasteiger partial charge in [-0.25, -0.2) is 0 Å². The van der Waals surface area contributed by atoms with Crippen LogP contribution in [0.4, 0.5) is 11.4 Å². The fourth-order valence-corrected chi connectivity index (χ4v) is 2.39. The summed E-state index contributed by atoms with van der Waals surface area (Å²) in [5, 5.41) is 0. The van der Waals surface area contributed by atoms with Crippen LogP contribution in [-0.2, 0) is 9.59 Å². The molecule has 0 bridgehead atoms. The number of nitrogens with two attached hydrogens (primary N) is 1. The summed E-state index contributed by atoms with van der Waals surface area (Å²) < 4.78 is 0. The Kier molecular flexibility index (Phi) is 2.65. The summed E-state index contributed by atoms with van der Waals surface area (Å²) >= 11 is 0. The van der Waals surface area contributed by atoms with Crippen molar-refractivity contribution >= 4 is 23.1 Å². The summed E-state index contributed by atoms with van der Waals surface area (Å²) in [7, 11) is 0. The Balaban J connectivity index is 2.56. The molecule has 2 rings (SSSR count). The number of nitrogen functional groups attached to an aromatic ring is 1. The van der Waals surface area contributed by atoms with E-state index in [9.17, 15) is 9.59 Å². The van der Waals surface area contributed by atoms with Crippen molar-refractivity contribution in [2.75, 3.05) is 17.2 Å². The van der Waals surface area contributed by atoms with Crippen molar-refractivity contribution in [2.45, 2.75) is 27.2 Å². The topological polar surface area (TPSA) is 63.4 Å². The van der Waals surface area contributed by atoms with Crippen LogP contribution in [0.25, 0.3) is 0 Å². The lowest BCUT2D eigenvalue weighted by Gasteiger charge is -2.22. The van der Waals surface area contributed by atoms with Crippen molar-refractivity contribution < 1.29 is 9.59 Å². The summed E-state index contributed by atoms with van der Waals surface area (Å²) in [4.78, 5) is 24.6. The lowest BCUT2D eigenvalue weighted by Crippen LogP contribution is -2.26. The zero-order valence-electron chi connectivity index (χ0n) is 10.3. The number of aryl methyl sites for hydroxylation is 2. The third-order valence-corrected chi connectivity index (χ3v) is 3.24. The van der Waals surface area contributed by atoms with E-state index < -0.39 is 0 Å². The van der Waals surface area contributed by atoms with Crippen molar-refractivity contribution in [1.29, 1.82) is 0 Å². The summed E-state index contributed by atoms with van der Waals surface area (Å²) in [5.74, 6) is -0.169. The van der Waals surface area contributed by atoms with Gasteiger partial charge in [-0.1, -0.05) is 6.07 Å². The minimum Gasteiger partial charge on any atom is -0.398 e. The summed E-state index contributed by atoms with van der Waals surface area (Å²) in [5.41, 5.74) is 10.3. The van der Waals surface area contributed by atoms with Gasteiger partial charge < -0.3 is 10.6 Å². The Labute approximate surface area is 100 Å². The average Bonchev–Trinajstić information content (AvgIpc) is 2.55. The largest absolute Gasteiger partial charge is 0.398 e. The second-order valence-corrected chi connectivity index (χ2v) is 4.59. The number of anilines is 2. The molecule has 0 aromatic heterocycles. The minimum absolute atomic E-state index is 0.00661. The Morgan fingerprint density at radius 1 is 1.18 bits per heavy atom. The van der Waals surface area contributed by atoms with Gasteiger partial charge in [0.2, 0.25) is 5.91 Å². The zero-order valence-corrected chi connectivity index (χ0v) is 10.3. The molecule has 0 radical (unpaired) electrons. The predicted octanol–water partition coefficient (Wildman–Crippen LogP) is 1.50.